The molecule has 152 valence electrons. The average molecular weight is 405 g/mol. The van der Waals surface area contributed by atoms with Gasteiger partial charge in [-0.3, -0.25) is 4.79 Å². The average Bonchev–Trinajstić information content (AvgIpc) is 3.29. The Bertz CT molecular complexity index is 932. The highest BCUT2D eigenvalue weighted by atomic mass is 19.4. The van der Waals surface area contributed by atoms with E-state index >= 15 is 0 Å². The zero-order valence-electron chi connectivity index (χ0n) is 15.7. The molecule has 1 aliphatic rings. The lowest BCUT2D eigenvalue weighted by atomic mass is 10.1. The third kappa shape index (κ3) is 5.41. The number of nitrogens with zero attached hydrogens (tertiary/aromatic N) is 1. The minimum Gasteiger partial charge on any atom is -0.457 e. The van der Waals surface area contributed by atoms with E-state index in [-0.39, 0.29) is 22.8 Å². The van der Waals surface area contributed by atoms with Gasteiger partial charge in [-0.05, 0) is 48.2 Å². The quantitative estimate of drug-likeness (QED) is 0.591. The van der Waals surface area contributed by atoms with E-state index in [1.54, 1.807) is 24.3 Å². The first-order chi connectivity index (χ1) is 13.6. The van der Waals surface area contributed by atoms with Crippen molar-refractivity contribution in [3.63, 3.8) is 0 Å². The summed E-state index contributed by atoms with van der Waals surface area (Å²) in [6, 6.07) is 13.3. The van der Waals surface area contributed by atoms with Crippen molar-refractivity contribution < 1.29 is 32.2 Å². The Morgan fingerprint density at radius 2 is 1.76 bits per heavy atom. The minimum atomic E-state index is -4.77. The van der Waals surface area contributed by atoms with Crippen molar-refractivity contribution in [1.29, 1.82) is 5.26 Å². The molecule has 1 aliphatic carbocycles. The second-order valence-corrected chi connectivity index (χ2v) is 7.39. The molecule has 2 aromatic rings. The molecule has 29 heavy (non-hydrogen) atoms. The van der Waals surface area contributed by atoms with Crippen LogP contribution in [0.4, 0.5) is 13.2 Å². The van der Waals surface area contributed by atoms with Gasteiger partial charge in [-0.2, -0.15) is 5.26 Å². The third-order valence-corrected chi connectivity index (χ3v) is 4.60. The van der Waals surface area contributed by atoms with E-state index < -0.39 is 18.4 Å². The molecule has 0 amide bonds. The van der Waals surface area contributed by atoms with E-state index in [1.807, 2.05) is 19.9 Å². The van der Waals surface area contributed by atoms with Crippen molar-refractivity contribution in [2.75, 3.05) is 0 Å². The van der Waals surface area contributed by atoms with Crippen molar-refractivity contribution in [2.24, 2.45) is 11.3 Å². The highest BCUT2D eigenvalue weighted by Gasteiger charge is 2.52. The molecule has 0 bridgehead atoms. The van der Waals surface area contributed by atoms with Crippen LogP contribution < -0.4 is 9.47 Å². The number of ether oxygens (including phenoxy) is 3. The summed E-state index contributed by atoms with van der Waals surface area (Å²) in [7, 11) is 0. The molecule has 1 fully saturated rings. The summed E-state index contributed by atoms with van der Waals surface area (Å²) >= 11 is 0. The lowest BCUT2D eigenvalue weighted by Gasteiger charge is -2.14. The van der Waals surface area contributed by atoms with Crippen LogP contribution in [0.25, 0.3) is 0 Å². The second kappa shape index (κ2) is 7.66. The SMILES string of the molecule is CC1(C)C[C@H]1C(=O)OC(C#N)c1cccc(Oc2ccc(OC(F)(F)F)cc2)c1. The van der Waals surface area contributed by atoms with Crippen LogP contribution in [0.15, 0.2) is 48.5 Å². The Hall–Kier alpha value is -3.21. The lowest BCUT2D eigenvalue weighted by Crippen LogP contribution is -2.16. The number of esters is 1. The van der Waals surface area contributed by atoms with Crippen molar-refractivity contribution in [1.82, 2.24) is 0 Å². The molecular formula is C21H18F3NO4. The fraction of sp³-hybridized carbons (Fsp3) is 0.333. The molecule has 0 heterocycles. The summed E-state index contributed by atoms with van der Waals surface area (Å²) in [6.45, 7) is 3.92. The van der Waals surface area contributed by atoms with E-state index in [2.05, 4.69) is 4.74 Å². The minimum absolute atomic E-state index is 0.107. The van der Waals surface area contributed by atoms with E-state index in [0.29, 0.717) is 11.3 Å². The number of carbonyl (C=O) groups excluding carboxylic acids is 1. The van der Waals surface area contributed by atoms with Gasteiger partial charge in [0.2, 0.25) is 6.10 Å². The number of hydrogen-bond acceptors (Lipinski definition) is 5. The van der Waals surface area contributed by atoms with Gasteiger partial charge in [0.05, 0.1) is 5.92 Å². The Balaban J connectivity index is 1.67. The van der Waals surface area contributed by atoms with E-state index in [1.165, 1.54) is 12.1 Å². The molecule has 0 spiro atoms. The molecule has 3 rings (SSSR count). The zero-order valence-corrected chi connectivity index (χ0v) is 15.7. The van der Waals surface area contributed by atoms with Gasteiger partial charge in [-0.25, -0.2) is 0 Å². The number of rotatable bonds is 6. The van der Waals surface area contributed by atoms with Crippen molar-refractivity contribution in [2.45, 2.75) is 32.7 Å². The maximum atomic E-state index is 12.2. The number of alkyl halides is 3. The molecular weight excluding hydrogens is 387 g/mol. The maximum absolute atomic E-state index is 12.2. The molecule has 2 atom stereocenters. The first-order valence-corrected chi connectivity index (χ1v) is 8.81. The van der Waals surface area contributed by atoms with Gasteiger partial charge in [0.1, 0.15) is 23.3 Å². The summed E-state index contributed by atoms with van der Waals surface area (Å²) in [5, 5.41) is 9.39. The van der Waals surface area contributed by atoms with Gasteiger partial charge in [0, 0.05) is 5.56 Å². The summed E-state index contributed by atoms with van der Waals surface area (Å²) in [6.07, 6.45) is -5.12. The van der Waals surface area contributed by atoms with Crippen LogP contribution in [0.5, 0.6) is 17.2 Å². The normalized spacial score (nSPS) is 18.3. The number of nitriles is 1. The Morgan fingerprint density at radius 3 is 2.31 bits per heavy atom. The van der Waals surface area contributed by atoms with E-state index in [4.69, 9.17) is 9.47 Å². The molecule has 5 nitrogen and oxygen atoms in total. The van der Waals surface area contributed by atoms with Crippen LogP contribution in [0, 0.1) is 22.7 Å². The maximum Gasteiger partial charge on any atom is 0.573 e. The highest BCUT2D eigenvalue weighted by molar-refractivity contribution is 5.77. The Morgan fingerprint density at radius 1 is 1.14 bits per heavy atom. The molecule has 0 radical (unpaired) electrons. The molecule has 0 aliphatic heterocycles. The van der Waals surface area contributed by atoms with Crippen LogP contribution >= 0.6 is 0 Å². The van der Waals surface area contributed by atoms with Gasteiger partial charge in [0.25, 0.3) is 0 Å². The monoisotopic (exact) mass is 405 g/mol. The summed E-state index contributed by atoms with van der Waals surface area (Å²) in [5.41, 5.74) is 0.332. The summed E-state index contributed by atoms with van der Waals surface area (Å²) < 4.78 is 51.4. The van der Waals surface area contributed by atoms with E-state index in [9.17, 15) is 23.2 Å². The predicted molar refractivity (Wildman–Crippen MR) is 96.0 cm³/mol. The molecule has 0 N–H and O–H groups in total. The van der Waals surface area contributed by atoms with Crippen molar-refractivity contribution >= 4 is 5.97 Å². The predicted octanol–water partition coefficient (Wildman–Crippen LogP) is 5.53. The largest absolute Gasteiger partial charge is 0.573 e. The van der Waals surface area contributed by atoms with Crippen molar-refractivity contribution in [3.05, 3.63) is 54.1 Å². The Kier molecular flexibility index (Phi) is 5.42. The molecule has 8 heteroatoms. The van der Waals surface area contributed by atoms with Crippen LogP contribution in [0.1, 0.15) is 31.9 Å². The topological polar surface area (TPSA) is 68.6 Å². The standard InChI is InChI=1S/C21H18F3NO4/c1-20(2)11-17(20)19(26)28-18(12-25)13-4-3-5-16(10-13)27-14-6-8-15(9-7-14)29-21(22,23)24/h3-10,17-18H,11H2,1-2H3/t17-,18?/m0/s1. The second-order valence-electron chi connectivity index (χ2n) is 7.39. The fourth-order valence-electron chi connectivity index (χ4n) is 2.82. The zero-order chi connectivity index (χ0) is 21.2. The molecule has 2 aromatic carbocycles. The molecule has 0 aromatic heterocycles. The molecule has 1 unspecified atom stereocenters. The number of hydrogen-bond donors (Lipinski definition) is 0. The fourth-order valence-corrected chi connectivity index (χ4v) is 2.82. The van der Waals surface area contributed by atoms with Gasteiger partial charge >= 0.3 is 12.3 Å². The third-order valence-electron chi connectivity index (χ3n) is 4.60. The van der Waals surface area contributed by atoms with Crippen LogP contribution in [0.2, 0.25) is 0 Å². The van der Waals surface area contributed by atoms with E-state index in [0.717, 1.165) is 18.6 Å². The molecule has 0 saturated heterocycles. The number of carbonyl (C=O) groups is 1. The summed E-state index contributed by atoms with van der Waals surface area (Å²) in [5.74, 6) is -0.363. The first-order valence-electron chi connectivity index (χ1n) is 8.81. The summed E-state index contributed by atoms with van der Waals surface area (Å²) in [4.78, 5) is 12.2. The Labute approximate surface area is 165 Å². The van der Waals surface area contributed by atoms with Crippen molar-refractivity contribution in [3.8, 4) is 23.3 Å². The van der Waals surface area contributed by atoms with Crippen LogP contribution in [-0.2, 0) is 9.53 Å². The highest BCUT2D eigenvalue weighted by Crippen LogP contribution is 2.52. The molecule has 1 saturated carbocycles. The first kappa shape index (κ1) is 20.5. The number of halogens is 3. The van der Waals surface area contributed by atoms with Gasteiger partial charge in [-0.15, -0.1) is 13.2 Å². The van der Waals surface area contributed by atoms with Crippen LogP contribution in [0.3, 0.4) is 0 Å². The van der Waals surface area contributed by atoms with Crippen LogP contribution in [-0.4, -0.2) is 12.3 Å². The lowest BCUT2D eigenvalue weighted by molar-refractivity contribution is -0.274. The van der Waals surface area contributed by atoms with Gasteiger partial charge < -0.3 is 14.2 Å². The number of benzene rings is 2. The van der Waals surface area contributed by atoms with Gasteiger partial charge in [-0.1, -0.05) is 26.0 Å². The smallest absolute Gasteiger partial charge is 0.457 e. The van der Waals surface area contributed by atoms with Gasteiger partial charge in [0.15, 0.2) is 0 Å².